The van der Waals surface area contributed by atoms with Crippen LogP contribution in [0.5, 0.6) is 11.5 Å². The zero-order chi connectivity index (χ0) is 86.0. The topological polar surface area (TPSA) is 466 Å². The number of carboxylic acid groups (broad SMARTS) is 4. The predicted molar refractivity (Wildman–Crippen MR) is 463 cm³/mol. The highest BCUT2D eigenvalue weighted by atomic mass is 79.9. The van der Waals surface area contributed by atoms with Gasteiger partial charge >= 0.3 is 30.1 Å². The molecule has 15 N–H and O–H groups in total. The Morgan fingerprint density at radius 3 is 1.40 bits per heavy atom. The number of imidazole rings is 4. The summed E-state index contributed by atoms with van der Waals surface area (Å²) < 4.78 is 60.2. The number of hydrogen-bond donors (Lipinski definition) is 11. The van der Waals surface area contributed by atoms with Gasteiger partial charge in [-0.1, -0.05) is 63.9 Å². The Labute approximate surface area is 714 Å². The molecule has 12 heterocycles. The van der Waals surface area contributed by atoms with Crippen LogP contribution < -0.4 is 32.4 Å². The number of aromatic amines is 3. The van der Waals surface area contributed by atoms with E-state index in [4.69, 9.17) is 63.9 Å². The number of anilines is 4. The van der Waals surface area contributed by atoms with Gasteiger partial charge in [0.2, 0.25) is 0 Å². The highest BCUT2D eigenvalue weighted by Gasteiger charge is 2.38. The van der Waals surface area contributed by atoms with Crippen LogP contribution in [0.3, 0.4) is 0 Å². The van der Waals surface area contributed by atoms with Crippen molar-refractivity contribution in [1.82, 2.24) is 82.9 Å². The number of nitrogens with two attached hydrogens (primary N) is 4. The third-order valence-electron chi connectivity index (χ3n) is 24.3. The third-order valence-corrected chi connectivity index (χ3v) is 26.5. The summed E-state index contributed by atoms with van der Waals surface area (Å²) >= 11 is 10.9. The van der Waals surface area contributed by atoms with Crippen molar-refractivity contribution in [1.29, 1.82) is 0 Å². The Morgan fingerprint density at radius 2 is 0.919 bits per heavy atom. The van der Waals surface area contributed by atoms with E-state index >= 15 is 0 Å². The van der Waals surface area contributed by atoms with Gasteiger partial charge in [0, 0.05) is 73.8 Å². The highest BCUT2D eigenvalue weighted by molar-refractivity contribution is 9.10. The molecule has 0 unspecified atom stereocenters. The molecule has 0 amide bonds. The first kappa shape index (κ1) is 82.4. The maximum absolute atomic E-state index is 13.5. The van der Waals surface area contributed by atoms with Gasteiger partial charge in [0.05, 0.1) is 86.5 Å². The molecule has 12 aromatic heterocycles. The lowest BCUT2D eigenvalue weighted by Crippen LogP contribution is -2.21. The van der Waals surface area contributed by atoms with E-state index in [1.165, 1.54) is 18.7 Å². The van der Waals surface area contributed by atoms with E-state index in [1.54, 1.807) is 40.7 Å². The number of halogens is 5. The van der Waals surface area contributed by atoms with Gasteiger partial charge < -0.3 is 67.8 Å². The van der Waals surface area contributed by atoms with Crippen LogP contribution in [0.15, 0.2) is 133 Å². The van der Waals surface area contributed by atoms with Gasteiger partial charge in [-0.25, -0.2) is 48.9 Å². The lowest BCUT2D eigenvalue weighted by Gasteiger charge is -2.25. The molecule has 20 rings (SSSR count). The summed E-state index contributed by atoms with van der Waals surface area (Å²) in [7, 11) is 1.63. The number of nitrogen functional groups attached to an aromatic ring is 4. The number of H-pyrrole nitrogens is 3. The maximum atomic E-state index is 13.5. The smallest absolute Gasteiger partial charge is 0.417 e. The number of nitrogens with one attached hydrogen (secondary N) is 3. The van der Waals surface area contributed by atoms with E-state index < -0.39 is 35.6 Å². The summed E-state index contributed by atoms with van der Waals surface area (Å²) in [5.41, 5.74) is 34.5. The van der Waals surface area contributed by atoms with Crippen LogP contribution in [-0.2, 0) is 25.4 Å². The number of benzene rings is 4. The van der Waals surface area contributed by atoms with Crippen molar-refractivity contribution in [3.05, 3.63) is 167 Å². The lowest BCUT2D eigenvalue weighted by atomic mass is 9.81. The fourth-order valence-electron chi connectivity index (χ4n) is 18.0. The standard InChI is InChI=1S/C23H25N5O3.C21H21BrN6O3.C21H20ClN5O2.C21H18F3N5O2S/c1-2-31-17-5-3-4-15-12-16(26-18(15)17)19-20-21(24)25-10-11-28(20)22(27-19)13-6-8-14(9-7-13)23(29)30;1-31-15-7-6-13(22)12-8-14(26-16(12)15)17-18-19(23)24-9-25-28(18)20(27-17)10-2-4-11(5-3-10)21(29)30;22-14-3-1-2-13-10-15(25-16(13)14)17-18-19(23)24-8-9-27(18)20(26-17)11-4-6-12(7-5-11)21(28)29;22-21(23,24)13-3-1-2-12-8-14(32-17(12)13)15-16-18(25)26-9-27-29(16)19(28-15)10-4-6-11(7-5-10)20(30)31/h3-5,10-14,26H,2,6-9H2,1H3,(H2,24,25)(H,29,30);6-11,26H,2-5H2,1H3,(H,29,30)(H2,23,24,25);1-3,8-12,25H,4-7H2,(H2,23,24)(H,28,29);1-3,8-11H,4-7H2,(H,30,31)(H2,25,26,27). The molecule has 4 aliphatic rings. The Kier molecular flexibility index (Phi) is 22.6. The highest BCUT2D eigenvalue weighted by Crippen LogP contribution is 2.48. The summed E-state index contributed by atoms with van der Waals surface area (Å²) in [6.45, 7) is 2.55. The van der Waals surface area contributed by atoms with Crippen molar-refractivity contribution in [2.24, 2.45) is 23.7 Å². The van der Waals surface area contributed by atoms with Gasteiger partial charge in [-0.3, -0.25) is 28.0 Å². The molecule has 0 aliphatic heterocycles. The van der Waals surface area contributed by atoms with E-state index in [0.717, 1.165) is 162 Å². The van der Waals surface area contributed by atoms with Crippen molar-refractivity contribution in [3.8, 4) is 56.2 Å². The number of carboxylic acids is 4. The number of methoxy groups -OCH3 is 1. The number of carbonyl (C=O) groups is 4. The van der Waals surface area contributed by atoms with Crippen LogP contribution >= 0.6 is 38.9 Å². The van der Waals surface area contributed by atoms with Crippen molar-refractivity contribution in [2.45, 2.75) is 140 Å². The molecular formula is C86H84BrClF3N21O10S. The molecule has 123 heavy (non-hydrogen) atoms. The molecule has 31 nitrogen and oxygen atoms in total. The van der Waals surface area contributed by atoms with Gasteiger partial charge in [-0.2, -0.15) is 23.4 Å². The first-order chi connectivity index (χ1) is 59.3. The molecule has 4 saturated carbocycles. The predicted octanol–water partition coefficient (Wildman–Crippen LogP) is 17.6. The van der Waals surface area contributed by atoms with Gasteiger partial charge in [-0.05, 0) is 170 Å². The molecule has 16 aromatic rings. The van der Waals surface area contributed by atoms with E-state index in [2.05, 4.69) is 67.1 Å². The molecular weight excluding hydrogens is 1690 g/mol. The molecule has 634 valence electrons. The normalized spacial score (nSPS) is 19.4. The molecule has 0 radical (unpaired) electrons. The summed E-state index contributed by atoms with van der Waals surface area (Å²) in [4.78, 5) is 92.5. The minimum Gasteiger partial charge on any atom is -0.495 e. The number of rotatable bonds is 15. The van der Waals surface area contributed by atoms with Crippen molar-refractivity contribution in [3.63, 3.8) is 0 Å². The molecule has 0 saturated heterocycles. The number of aromatic nitrogens is 17. The number of ether oxygens (including phenoxy) is 2. The number of fused-ring (bicyclic) bond motifs is 8. The lowest BCUT2D eigenvalue weighted by molar-refractivity contribution is -0.143. The monoisotopic (exact) mass is 1770 g/mol. The van der Waals surface area contributed by atoms with Crippen LogP contribution in [0.25, 0.3) is 110 Å². The van der Waals surface area contributed by atoms with Crippen molar-refractivity contribution in [2.75, 3.05) is 36.7 Å². The van der Waals surface area contributed by atoms with E-state index in [0.29, 0.717) is 132 Å². The van der Waals surface area contributed by atoms with Gasteiger partial charge in [0.1, 0.15) is 104 Å². The fraction of sp³-hybridized carbons (Fsp3) is 0.326. The number of thiophene rings is 1. The summed E-state index contributed by atoms with van der Waals surface area (Å²) in [6, 6.07) is 27.4. The molecule has 4 fully saturated rings. The molecule has 0 atom stereocenters. The number of alkyl halides is 3. The summed E-state index contributed by atoms with van der Waals surface area (Å²) in [5.74, 6) is 2.41. The maximum Gasteiger partial charge on any atom is 0.417 e. The Balaban J connectivity index is 0.000000116. The van der Waals surface area contributed by atoms with E-state index in [1.807, 2.05) is 88.8 Å². The second-order valence-corrected chi connectivity index (χ2v) is 33.8. The molecule has 4 aliphatic carbocycles. The second kappa shape index (κ2) is 33.8. The Hall–Kier alpha value is -13.0. The molecule has 0 bridgehead atoms. The fourth-order valence-corrected chi connectivity index (χ4v) is 19.9. The van der Waals surface area contributed by atoms with Crippen LogP contribution in [0.1, 0.15) is 162 Å². The number of aliphatic carboxylic acids is 4. The van der Waals surface area contributed by atoms with Crippen molar-refractivity contribution >= 4 is 151 Å². The Bertz CT molecular complexity index is 6760. The second-order valence-electron chi connectivity index (χ2n) is 31.5. The van der Waals surface area contributed by atoms with Gasteiger partial charge in [-0.15, -0.1) is 11.3 Å². The Morgan fingerprint density at radius 1 is 0.504 bits per heavy atom. The van der Waals surface area contributed by atoms with E-state index in [-0.39, 0.29) is 57.9 Å². The first-order valence-corrected chi connectivity index (χ1v) is 42.4. The third kappa shape index (κ3) is 15.8. The number of para-hydroxylation sites is 2. The largest absolute Gasteiger partial charge is 0.495 e. The summed E-state index contributed by atoms with van der Waals surface area (Å²) in [6.07, 6.45) is 16.2. The van der Waals surface area contributed by atoms with Crippen LogP contribution in [-0.4, -0.2) is 141 Å². The quantitative estimate of drug-likeness (QED) is 0.0454. The number of nitrogens with zero attached hydrogens (tertiary/aromatic N) is 14. The van der Waals surface area contributed by atoms with Gasteiger partial charge in [0.15, 0.2) is 11.6 Å². The number of hydrogen-bond acceptors (Lipinski definition) is 21. The van der Waals surface area contributed by atoms with Crippen LogP contribution in [0, 0.1) is 23.7 Å². The van der Waals surface area contributed by atoms with Crippen LogP contribution in [0.4, 0.5) is 36.4 Å². The van der Waals surface area contributed by atoms with E-state index in [9.17, 15) is 52.8 Å². The summed E-state index contributed by atoms with van der Waals surface area (Å²) in [5, 5.41) is 50.0. The first-order valence-electron chi connectivity index (χ1n) is 40.4. The average molecular weight is 1780 g/mol. The molecule has 37 heteroatoms. The SMILES string of the molecule is CCOc1cccc2cc(-c3nc(C4CCC(C(=O)O)CC4)n4ccnc(N)c34)[nH]c12.COc1ccc(Br)c2cc(-c3nc(C4CCC(C(=O)O)CC4)n4ncnc(N)c34)[nH]c12.Nc1nccn2c(C3CCC(C(=O)O)CC3)nc(-c3cc4cccc(Cl)c4[nH]3)c12.Nc1ncnn2c(C3CCC(C(=O)O)CC3)nc(-c3cc4cccc(C(F)(F)F)c4s3)c12. The molecule has 4 aromatic carbocycles. The average Bonchev–Trinajstić information content (AvgIpc) is 1.61. The zero-order valence-corrected chi connectivity index (χ0v) is 69.5. The molecule has 0 spiro atoms. The van der Waals surface area contributed by atoms with Crippen molar-refractivity contribution < 1.29 is 62.2 Å². The zero-order valence-electron chi connectivity index (χ0n) is 66.4. The van der Waals surface area contributed by atoms with Crippen LogP contribution in [0.2, 0.25) is 5.02 Å². The minimum absolute atomic E-state index is 0.0266. The minimum atomic E-state index is -4.46. The van der Waals surface area contributed by atoms with Gasteiger partial charge in [0.25, 0.3) is 0 Å².